The SMILES string of the molecule is CCNC(=NCc1ccc(OCC)c(F)c1)NCCCOCC1CC1. The van der Waals surface area contributed by atoms with E-state index in [4.69, 9.17) is 9.47 Å². The summed E-state index contributed by atoms with van der Waals surface area (Å²) >= 11 is 0. The molecule has 25 heavy (non-hydrogen) atoms. The molecule has 1 fully saturated rings. The van der Waals surface area contributed by atoms with Crippen LogP contribution in [0.4, 0.5) is 4.39 Å². The Labute approximate surface area is 150 Å². The Bertz CT molecular complexity index is 547. The van der Waals surface area contributed by atoms with Crippen LogP contribution in [0, 0.1) is 11.7 Å². The first-order valence-electron chi connectivity index (χ1n) is 9.24. The molecule has 2 N–H and O–H groups in total. The van der Waals surface area contributed by atoms with Crippen LogP contribution >= 0.6 is 0 Å². The molecule has 1 aliphatic rings. The molecule has 1 aromatic rings. The van der Waals surface area contributed by atoms with Crippen LogP contribution in [0.25, 0.3) is 0 Å². The van der Waals surface area contributed by atoms with Gasteiger partial charge >= 0.3 is 0 Å². The molecule has 0 aromatic heterocycles. The molecular weight excluding hydrogens is 321 g/mol. The monoisotopic (exact) mass is 351 g/mol. The largest absolute Gasteiger partial charge is 0.491 e. The van der Waals surface area contributed by atoms with Gasteiger partial charge in [0.2, 0.25) is 0 Å². The second-order valence-electron chi connectivity index (χ2n) is 6.19. The number of nitrogens with one attached hydrogen (secondary N) is 2. The smallest absolute Gasteiger partial charge is 0.191 e. The number of halogens is 1. The van der Waals surface area contributed by atoms with Gasteiger partial charge in [-0.05, 0) is 56.7 Å². The molecule has 0 radical (unpaired) electrons. The zero-order valence-electron chi connectivity index (χ0n) is 15.3. The van der Waals surface area contributed by atoms with E-state index in [1.54, 1.807) is 6.07 Å². The van der Waals surface area contributed by atoms with Crippen LogP contribution in [0.3, 0.4) is 0 Å². The third-order valence-corrected chi connectivity index (χ3v) is 3.87. The summed E-state index contributed by atoms with van der Waals surface area (Å²) in [5, 5.41) is 6.48. The lowest BCUT2D eigenvalue weighted by Crippen LogP contribution is -2.38. The Morgan fingerprint density at radius 3 is 2.80 bits per heavy atom. The minimum Gasteiger partial charge on any atom is -0.491 e. The minimum absolute atomic E-state index is 0.284. The summed E-state index contributed by atoms with van der Waals surface area (Å²) in [5.74, 6) is 1.48. The molecule has 6 heteroatoms. The fourth-order valence-electron chi connectivity index (χ4n) is 2.34. The van der Waals surface area contributed by atoms with E-state index in [1.165, 1.54) is 18.9 Å². The van der Waals surface area contributed by atoms with Crippen molar-refractivity contribution in [3.63, 3.8) is 0 Å². The maximum atomic E-state index is 13.9. The van der Waals surface area contributed by atoms with Crippen molar-refractivity contribution in [3.8, 4) is 5.75 Å². The lowest BCUT2D eigenvalue weighted by molar-refractivity contribution is 0.123. The number of ether oxygens (including phenoxy) is 2. The minimum atomic E-state index is -0.347. The Morgan fingerprint density at radius 1 is 1.28 bits per heavy atom. The Morgan fingerprint density at radius 2 is 2.12 bits per heavy atom. The Hall–Kier alpha value is -1.82. The third-order valence-electron chi connectivity index (χ3n) is 3.87. The van der Waals surface area contributed by atoms with E-state index in [0.717, 1.165) is 50.2 Å². The van der Waals surface area contributed by atoms with Crippen molar-refractivity contribution in [3.05, 3.63) is 29.6 Å². The van der Waals surface area contributed by atoms with Gasteiger partial charge in [0.25, 0.3) is 0 Å². The van der Waals surface area contributed by atoms with E-state index in [-0.39, 0.29) is 11.6 Å². The van der Waals surface area contributed by atoms with Crippen LogP contribution in [0.1, 0.15) is 38.7 Å². The quantitative estimate of drug-likeness (QED) is 0.365. The molecule has 5 nitrogen and oxygen atoms in total. The summed E-state index contributed by atoms with van der Waals surface area (Å²) in [5.41, 5.74) is 0.811. The molecule has 0 heterocycles. The second kappa shape index (κ2) is 10.9. The van der Waals surface area contributed by atoms with Gasteiger partial charge in [0.1, 0.15) is 0 Å². The van der Waals surface area contributed by atoms with Gasteiger partial charge in [-0.25, -0.2) is 9.38 Å². The molecule has 0 atom stereocenters. The summed E-state index contributed by atoms with van der Waals surface area (Å²) < 4.78 is 24.7. The number of benzene rings is 1. The maximum Gasteiger partial charge on any atom is 0.191 e. The van der Waals surface area contributed by atoms with E-state index in [0.29, 0.717) is 13.2 Å². The fourth-order valence-corrected chi connectivity index (χ4v) is 2.34. The highest BCUT2D eigenvalue weighted by Gasteiger charge is 2.20. The first-order chi connectivity index (χ1) is 12.2. The second-order valence-corrected chi connectivity index (χ2v) is 6.19. The molecule has 1 saturated carbocycles. The lowest BCUT2D eigenvalue weighted by Gasteiger charge is -2.12. The normalized spacial score (nSPS) is 14.4. The first-order valence-corrected chi connectivity index (χ1v) is 9.24. The average molecular weight is 351 g/mol. The number of rotatable bonds is 11. The van der Waals surface area contributed by atoms with Gasteiger partial charge in [0, 0.05) is 26.3 Å². The molecule has 1 aliphatic carbocycles. The molecule has 0 bridgehead atoms. The average Bonchev–Trinajstić information content (AvgIpc) is 3.42. The summed E-state index contributed by atoms with van der Waals surface area (Å²) in [4.78, 5) is 4.50. The van der Waals surface area contributed by atoms with Gasteiger partial charge in [-0.2, -0.15) is 0 Å². The topological polar surface area (TPSA) is 54.9 Å². The highest BCUT2D eigenvalue weighted by molar-refractivity contribution is 5.79. The van der Waals surface area contributed by atoms with Gasteiger partial charge in [-0.3, -0.25) is 0 Å². The van der Waals surface area contributed by atoms with Crippen molar-refractivity contribution < 1.29 is 13.9 Å². The van der Waals surface area contributed by atoms with Crippen LogP contribution in [0.15, 0.2) is 23.2 Å². The highest BCUT2D eigenvalue weighted by Crippen LogP contribution is 2.28. The lowest BCUT2D eigenvalue weighted by atomic mass is 10.2. The van der Waals surface area contributed by atoms with Crippen molar-refractivity contribution in [1.82, 2.24) is 10.6 Å². The fraction of sp³-hybridized carbons (Fsp3) is 0.632. The van der Waals surface area contributed by atoms with Crippen molar-refractivity contribution in [1.29, 1.82) is 0 Å². The van der Waals surface area contributed by atoms with Crippen LogP contribution < -0.4 is 15.4 Å². The zero-order chi connectivity index (χ0) is 17.9. The van der Waals surface area contributed by atoms with E-state index >= 15 is 0 Å². The van der Waals surface area contributed by atoms with Gasteiger partial charge in [0.05, 0.1) is 13.2 Å². The standard InChI is InChI=1S/C19H30FN3O2/c1-3-21-19(22-10-5-11-24-14-15-6-7-15)23-13-16-8-9-18(25-4-2)17(20)12-16/h8-9,12,15H,3-7,10-11,13-14H2,1-2H3,(H2,21,22,23). The van der Waals surface area contributed by atoms with Crippen LogP contribution in [0.5, 0.6) is 5.75 Å². The predicted octanol–water partition coefficient (Wildman–Crippen LogP) is 3.10. The van der Waals surface area contributed by atoms with Gasteiger partial charge in [0.15, 0.2) is 17.5 Å². The maximum absolute atomic E-state index is 13.9. The molecule has 140 valence electrons. The Kier molecular flexibility index (Phi) is 8.52. The molecule has 0 aliphatic heterocycles. The van der Waals surface area contributed by atoms with Gasteiger partial charge < -0.3 is 20.1 Å². The molecular formula is C19H30FN3O2. The molecule has 0 amide bonds. The van der Waals surface area contributed by atoms with E-state index in [2.05, 4.69) is 15.6 Å². The predicted molar refractivity (Wildman–Crippen MR) is 98.5 cm³/mol. The van der Waals surface area contributed by atoms with E-state index < -0.39 is 0 Å². The van der Waals surface area contributed by atoms with Gasteiger partial charge in [-0.1, -0.05) is 6.07 Å². The zero-order valence-corrected chi connectivity index (χ0v) is 15.3. The van der Waals surface area contributed by atoms with Crippen LogP contribution in [-0.2, 0) is 11.3 Å². The number of guanidine groups is 1. The van der Waals surface area contributed by atoms with Gasteiger partial charge in [-0.15, -0.1) is 0 Å². The number of hydrogen-bond acceptors (Lipinski definition) is 3. The van der Waals surface area contributed by atoms with Crippen molar-refractivity contribution in [2.75, 3.05) is 32.9 Å². The van der Waals surface area contributed by atoms with E-state index in [9.17, 15) is 4.39 Å². The van der Waals surface area contributed by atoms with E-state index in [1.807, 2.05) is 19.9 Å². The molecule has 0 unspecified atom stereocenters. The van der Waals surface area contributed by atoms with Crippen molar-refractivity contribution in [2.45, 2.75) is 39.7 Å². The van der Waals surface area contributed by atoms with Crippen molar-refractivity contribution >= 4 is 5.96 Å². The molecule has 0 saturated heterocycles. The van der Waals surface area contributed by atoms with Crippen LogP contribution in [0.2, 0.25) is 0 Å². The third kappa shape index (κ3) is 7.73. The summed E-state index contributed by atoms with van der Waals surface area (Å²) in [7, 11) is 0. The molecule has 1 aromatic carbocycles. The number of aliphatic imine (C=N–C) groups is 1. The van der Waals surface area contributed by atoms with Crippen molar-refractivity contribution in [2.24, 2.45) is 10.9 Å². The summed E-state index contributed by atoms with van der Waals surface area (Å²) in [6.07, 6.45) is 3.58. The summed E-state index contributed by atoms with van der Waals surface area (Å²) in [6.45, 7) is 7.97. The highest BCUT2D eigenvalue weighted by atomic mass is 19.1. The molecule has 2 rings (SSSR count). The summed E-state index contributed by atoms with van der Waals surface area (Å²) in [6, 6.07) is 4.97. The number of hydrogen-bond donors (Lipinski definition) is 2. The molecule has 0 spiro atoms. The number of nitrogens with zero attached hydrogens (tertiary/aromatic N) is 1. The first kappa shape index (κ1) is 19.5. The Balaban J connectivity index is 1.74. The van der Waals surface area contributed by atoms with Crippen LogP contribution in [-0.4, -0.2) is 38.9 Å².